The van der Waals surface area contributed by atoms with Gasteiger partial charge < -0.3 is 10.6 Å². The van der Waals surface area contributed by atoms with Crippen LogP contribution in [0.3, 0.4) is 0 Å². The Morgan fingerprint density at radius 1 is 1.12 bits per heavy atom. The molecule has 0 atom stereocenters. The van der Waals surface area contributed by atoms with E-state index < -0.39 is 21.8 Å². The Morgan fingerprint density at radius 2 is 1.84 bits per heavy atom. The summed E-state index contributed by atoms with van der Waals surface area (Å²) in [5.41, 5.74) is 0.640. The van der Waals surface area contributed by atoms with Crippen molar-refractivity contribution in [1.29, 1.82) is 0 Å². The van der Waals surface area contributed by atoms with E-state index in [2.05, 4.69) is 10.6 Å². The zero-order valence-corrected chi connectivity index (χ0v) is 15.2. The highest BCUT2D eigenvalue weighted by Crippen LogP contribution is 2.33. The predicted octanol–water partition coefficient (Wildman–Crippen LogP) is 1.88. The van der Waals surface area contributed by atoms with Crippen LogP contribution < -0.4 is 14.9 Å². The molecule has 7 nitrogen and oxygen atoms in total. The van der Waals surface area contributed by atoms with E-state index >= 15 is 0 Å². The summed E-state index contributed by atoms with van der Waals surface area (Å²) < 4.78 is 25.4. The zero-order valence-electron chi connectivity index (χ0n) is 13.6. The van der Waals surface area contributed by atoms with Gasteiger partial charge in [-0.05, 0) is 37.5 Å². The summed E-state index contributed by atoms with van der Waals surface area (Å²) in [6, 6.07) is 4.57. The first-order valence-electron chi connectivity index (χ1n) is 8.28. The minimum absolute atomic E-state index is 0.0498. The Bertz CT molecular complexity index is 791. The van der Waals surface area contributed by atoms with Gasteiger partial charge in [-0.25, -0.2) is 8.42 Å². The van der Waals surface area contributed by atoms with Crippen LogP contribution in [0.1, 0.15) is 32.1 Å². The second kappa shape index (κ2) is 7.21. The van der Waals surface area contributed by atoms with Gasteiger partial charge in [0.1, 0.15) is 0 Å². The highest BCUT2D eigenvalue weighted by atomic mass is 35.5. The summed E-state index contributed by atoms with van der Waals surface area (Å²) in [6.45, 7) is 0.349. The van der Waals surface area contributed by atoms with Gasteiger partial charge >= 0.3 is 11.8 Å². The van der Waals surface area contributed by atoms with Crippen molar-refractivity contribution in [3.63, 3.8) is 0 Å². The number of benzene rings is 1. The first kappa shape index (κ1) is 18.0. The van der Waals surface area contributed by atoms with Gasteiger partial charge in [-0.15, -0.1) is 0 Å². The molecule has 3 rings (SSSR count). The van der Waals surface area contributed by atoms with E-state index in [4.69, 9.17) is 11.6 Å². The van der Waals surface area contributed by atoms with Gasteiger partial charge in [0.25, 0.3) is 0 Å². The second-order valence-corrected chi connectivity index (χ2v) is 8.74. The van der Waals surface area contributed by atoms with Crippen molar-refractivity contribution < 1.29 is 18.0 Å². The lowest BCUT2D eigenvalue weighted by atomic mass is 10.2. The molecule has 1 aromatic rings. The molecule has 1 saturated heterocycles. The molecule has 2 amide bonds. The molecule has 2 N–H and O–H groups in total. The molecule has 1 aliphatic heterocycles. The number of carbonyl (C=O) groups excluding carboxylic acids is 2. The number of nitrogens with one attached hydrogen (secondary N) is 2. The number of hydrogen-bond donors (Lipinski definition) is 2. The van der Waals surface area contributed by atoms with Gasteiger partial charge in [-0.3, -0.25) is 13.9 Å². The molecule has 9 heteroatoms. The third-order valence-corrected chi connectivity index (χ3v) is 6.64. The number of hydrogen-bond acceptors (Lipinski definition) is 4. The summed E-state index contributed by atoms with van der Waals surface area (Å²) >= 11 is 6.12. The Balaban J connectivity index is 1.71. The van der Waals surface area contributed by atoms with Crippen molar-refractivity contribution in [3.05, 3.63) is 23.2 Å². The minimum Gasteiger partial charge on any atom is -0.345 e. The monoisotopic (exact) mass is 385 g/mol. The quantitative estimate of drug-likeness (QED) is 0.776. The second-order valence-electron chi connectivity index (χ2n) is 6.32. The van der Waals surface area contributed by atoms with Crippen molar-refractivity contribution in [3.8, 4) is 0 Å². The van der Waals surface area contributed by atoms with Crippen LogP contribution in [-0.4, -0.2) is 38.6 Å². The van der Waals surface area contributed by atoms with Crippen LogP contribution in [-0.2, 0) is 19.6 Å². The average molecular weight is 386 g/mol. The van der Waals surface area contributed by atoms with Crippen LogP contribution in [0.4, 0.5) is 11.4 Å². The fourth-order valence-electron chi connectivity index (χ4n) is 3.20. The van der Waals surface area contributed by atoms with Crippen molar-refractivity contribution in [2.24, 2.45) is 0 Å². The van der Waals surface area contributed by atoms with E-state index in [-0.39, 0.29) is 16.8 Å². The van der Waals surface area contributed by atoms with Gasteiger partial charge in [0.05, 0.1) is 16.5 Å². The first-order chi connectivity index (χ1) is 11.9. The number of rotatable bonds is 3. The van der Waals surface area contributed by atoms with Crippen LogP contribution in [0.15, 0.2) is 18.2 Å². The maximum Gasteiger partial charge on any atom is 0.313 e. The van der Waals surface area contributed by atoms with Crippen LogP contribution in [0, 0.1) is 0 Å². The molecule has 136 valence electrons. The SMILES string of the molecule is O=C(Nc1ccc(Cl)c(N2CCCS2(=O)=O)c1)C(=O)NC1CCCC1. The molecular formula is C16H20ClN3O4S. The summed E-state index contributed by atoms with van der Waals surface area (Å²) in [6.07, 6.45) is 4.40. The van der Waals surface area contributed by atoms with Gasteiger partial charge in [0.15, 0.2) is 0 Å². The maximum atomic E-state index is 12.1. The average Bonchev–Trinajstić information content (AvgIpc) is 3.18. The van der Waals surface area contributed by atoms with Crippen molar-refractivity contribution in [2.45, 2.75) is 38.1 Å². The Morgan fingerprint density at radius 3 is 2.48 bits per heavy atom. The van der Waals surface area contributed by atoms with Crippen LogP contribution in [0.25, 0.3) is 0 Å². The number of anilines is 2. The Hall–Kier alpha value is -1.80. The number of nitrogens with zero attached hydrogens (tertiary/aromatic N) is 1. The molecule has 1 saturated carbocycles. The van der Waals surface area contributed by atoms with Crippen LogP contribution in [0.5, 0.6) is 0 Å². The first-order valence-corrected chi connectivity index (χ1v) is 10.3. The molecule has 0 unspecified atom stereocenters. The lowest BCUT2D eigenvalue weighted by Crippen LogP contribution is -2.40. The molecule has 2 aliphatic rings. The van der Waals surface area contributed by atoms with Crippen molar-refractivity contribution >= 4 is 44.8 Å². The predicted molar refractivity (Wildman–Crippen MR) is 96.2 cm³/mol. The summed E-state index contributed by atoms with van der Waals surface area (Å²) in [5, 5.41) is 5.49. The highest BCUT2D eigenvalue weighted by Gasteiger charge is 2.30. The highest BCUT2D eigenvalue weighted by molar-refractivity contribution is 7.93. The number of carbonyl (C=O) groups is 2. The molecule has 1 aromatic carbocycles. The fraction of sp³-hybridized carbons (Fsp3) is 0.500. The molecule has 0 radical (unpaired) electrons. The number of halogens is 1. The van der Waals surface area contributed by atoms with Gasteiger partial charge in [-0.2, -0.15) is 0 Å². The number of sulfonamides is 1. The normalized spacial score (nSPS) is 19.8. The molecule has 1 aliphatic carbocycles. The fourth-order valence-corrected chi connectivity index (χ4v) is 5.04. The largest absolute Gasteiger partial charge is 0.345 e. The summed E-state index contributed by atoms with van der Waals surface area (Å²) in [5.74, 6) is -1.38. The molecule has 1 heterocycles. The molecule has 2 fully saturated rings. The van der Waals surface area contributed by atoms with E-state index in [0.29, 0.717) is 24.3 Å². The lowest BCUT2D eigenvalue weighted by Gasteiger charge is -2.19. The van der Waals surface area contributed by atoms with Crippen molar-refractivity contribution in [2.75, 3.05) is 21.9 Å². The molecule has 0 spiro atoms. The van der Waals surface area contributed by atoms with E-state index in [0.717, 1.165) is 25.7 Å². The molecule has 0 aromatic heterocycles. The summed E-state index contributed by atoms with van der Waals surface area (Å²) in [4.78, 5) is 24.0. The van der Waals surface area contributed by atoms with Gasteiger partial charge in [0.2, 0.25) is 10.0 Å². The smallest absolute Gasteiger partial charge is 0.313 e. The third-order valence-electron chi connectivity index (χ3n) is 4.47. The molecule has 25 heavy (non-hydrogen) atoms. The van der Waals surface area contributed by atoms with Gasteiger partial charge in [0, 0.05) is 18.3 Å². The van der Waals surface area contributed by atoms with E-state index in [1.54, 1.807) is 0 Å². The topological polar surface area (TPSA) is 95.6 Å². The van der Waals surface area contributed by atoms with Crippen LogP contribution in [0.2, 0.25) is 5.02 Å². The van der Waals surface area contributed by atoms with Crippen molar-refractivity contribution in [1.82, 2.24) is 5.32 Å². The van der Waals surface area contributed by atoms with E-state index in [1.807, 2.05) is 0 Å². The summed E-state index contributed by atoms with van der Waals surface area (Å²) in [7, 11) is -3.38. The van der Waals surface area contributed by atoms with Gasteiger partial charge in [-0.1, -0.05) is 24.4 Å². The molecule has 0 bridgehead atoms. The zero-order chi connectivity index (χ0) is 18.0. The number of amides is 2. The minimum atomic E-state index is -3.38. The standard InChI is InChI=1S/C16H20ClN3O4S/c17-13-7-6-12(10-14(13)20-8-3-9-25(20,23)24)19-16(22)15(21)18-11-4-1-2-5-11/h6-7,10-11H,1-5,8-9H2,(H,18,21)(H,19,22). The van der Waals surface area contributed by atoms with E-state index in [1.165, 1.54) is 22.5 Å². The Kier molecular flexibility index (Phi) is 5.19. The lowest BCUT2D eigenvalue weighted by molar-refractivity contribution is -0.136. The van der Waals surface area contributed by atoms with E-state index in [9.17, 15) is 18.0 Å². The third kappa shape index (κ3) is 4.07. The molecular weight excluding hydrogens is 366 g/mol. The maximum absolute atomic E-state index is 12.1. The Labute approximate surface area is 151 Å². The van der Waals surface area contributed by atoms with Crippen LogP contribution >= 0.6 is 11.6 Å².